The molecule has 1 aliphatic carbocycles. The summed E-state index contributed by atoms with van der Waals surface area (Å²) in [5, 5.41) is 5.86. The van der Waals surface area contributed by atoms with Gasteiger partial charge in [0.05, 0.1) is 17.9 Å². The number of thiazole rings is 1. The molecule has 1 saturated heterocycles. The Morgan fingerprint density at radius 3 is 2.71 bits per heavy atom. The lowest BCUT2D eigenvalue weighted by Gasteiger charge is -2.34. The summed E-state index contributed by atoms with van der Waals surface area (Å²) in [6, 6.07) is 1.80. The summed E-state index contributed by atoms with van der Waals surface area (Å²) in [6.07, 6.45) is 5.97. The summed E-state index contributed by atoms with van der Waals surface area (Å²) >= 11 is 3.80. The Labute approximate surface area is 173 Å². The third-order valence-corrected chi connectivity index (χ3v) is 8.24. The van der Waals surface area contributed by atoms with Crippen LogP contribution in [0.25, 0.3) is 0 Å². The topological polar surface area (TPSA) is 54.3 Å². The van der Waals surface area contributed by atoms with Crippen LogP contribution in [0.1, 0.15) is 34.7 Å². The Hall–Kier alpha value is -1.38. The van der Waals surface area contributed by atoms with Crippen molar-refractivity contribution in [1.29, 1.82) is 0 Å². The molecule has 3 aliphatic rings. The minimum absolute atomic E-state index is 0.0493. The second-order valence-corrected chi connectivity index (χ2v) is 10.0. The quantitative estimate of drug-likeness (QED) is 0.760. The van der Waals surface area contributed by atoms with Gasteiger partial charge in [-0.25, -0.2) is 9.67 Å². The first-order chi connectivity index (χ1) is 13.8. The predicted molar refractivity (Wildman–Crippen MR) is 116 cm³/mol. The van der Waals surface area contributed by atoms with Crippen molar-refractivity contribution in [3.8, 4) is 0 Å². The molecule has 28 heavy (non-hydrogen) atoms. The minimum Gasteiger partial charge on any atom is -0.346 e. The lowest BCUT2D eigenvalue weighted by atomic mass is 10.0. The van der Waals surface area contributed by atoms with Crippen LogP contribution in [0.5, 0.6) is 0 Å². The highest BCUT2D eigenvalue weighted by molar-refractivity contribution is 7.98. The highest BCUT2D eigenvalue weighted by Crippen LogP contribution is 2.32. The van der Waals surface area contributed by atoms with Gasteiger partial charge in [-0.15, -0.1) is 11.3 Å². The van der Waals surface area contributed by atoms with Crippen LogP contribution in [0, 0.1) is 0 Å². The third kappa shape index (κ3) is 3.86. The van der Waals surface area contributed by atoms with E-state index in [2.05, 4.69) is 14.9 Å². The van der Waals surface area contributed by atoms with Crippen LogP contribution in [0.15, 0.2) is 10.9 Å². The van der Waals surface area contributed by atoms with E-state index in [0.29, 0.717) is 6.54 Å². The maximum absolute atomic E-state index is 12.4. The predicted octanol–water partition coefficient (Wildman–Crippen LogP) is 2.19. The number of rotatable bonds is 4. The Morgan fingerprint density at radius 1 is 1.00 bits per heavy atom. The number of thioether (sulfide) groups is 1. The van der Waals surface area contributed by atoms with Gasteiger partial charge < -0.3 is 4.90 Å². The van der Waals surface area contributed by atoms with Gasteiger partial charge >= 0.3 is 0 Å². The van der Waals surface area contributed by atoms with Crippen molar-refractivity contribution in [3.63, 3.8) is 0 Å². The van der Waals surface area contributed by atoms with E-state index in [1.165, 1.54) is 35.0 Å². The zero-order chi connectivity index (χ0) is 18.9. The van der Waals surface area contributed by atoms with E-state index in [0.717, 1.165) is 68.3 Å². The van der Waals surface area contributed by atoms with Crippen LogP contribution in [-0.4, -0.2) is 58.1 Å². The average Bonchev–Trinajstić information content (AvgIpc) is 3.17. The fraction of sp³-hybridized carbons (Fsp3) is 0.650. The molecular weight excluding hydrogens is 390 g/mol. The van der Waals surface area contributed by atoms with E-state index in [1.807, 2.05) is 23.1 Å². The van der Waals surface area contributed by atoms with E-state index in [-0.39, 0.29) is 5.56 Å². The van der Waals surface area contributed by atoms with Crippen LogP contribution in [0.2, 0.25) is 0 Å². The molecule has 0 amide bonds. The molecule has 0 saturated carbocycles. The molecule has 6 nitrogen and oxygen atoms in total. The maximum Gasteiger partial charge on any atom is 0.267 e. The van der Waals surface area contributed by atoms with Crippen LogP contribution in [-0.2, 0) is 31.6 Å². The van der Waals surface area contributed by atoms with Gasteiger partial charge in [-0.2, -0.15) is 16.9 Å². The maximum atomic E-state index is 12.4. The number of anilines is 1. The SMILES string of the molecule is O=c1cc2c(nn1CCN1CCN(c3nc4c(s3)CCCC4)CC1)CCSC2. The van der Waals surface area contributed by atoms with E-state index >= 15 is 0 Å². The van der Waals surface area contributed by atoms with Gasteiger partial charge in [0.15, 0.2) is 5.13 Å². The summed E-state index contributed by atoms with van der Waals surface area (Å²) < 4.78 is 1.68. The number of aromatic nitrogens is 3. The fourth-order valence-electron chi connectivity index (χ4n) is 4.29. The van der Waals surface area contributed by atoms with Crippen molar-refractivity contribution in [1.82, 2.24) is 19.7 Å². The third-order valence-electron chi connectivity index (χ3n) is 6.01. The fourth-order valence-corrected chi connectivity index (χ4v) is 6.44. The highest BCUT2D eigenvalue weighted by Gasteiger charge is 2.23. The van der Waals surface area contributed by atoms with Crippen molar-refractivity contribution in [2.75, 3.05) is 43.4 Å². The number of piperazine rings is 1. The van der Waals surface area contributed by atoms with Crippen LogP contribution in [0.3, 0.4) is 0 Å². The van der Waals surface area contributed by atoms with Crippen molar-refractivity contribution >= 4 is 28.2 Å². The first-order valence-electron chi connectivity index (χ1n) is 10.4. The molecule has 2 aromatic heterocycles. The second-order valence-electron chi connectivity index (χ2n) is 7.88. The van der Waals surface area contributed by atoms with Crippen molar-refractivity contribution in [2.45, 2.75) is 44.4 Å². The van der Waals surface area contributed by atoms with Crippen molar-refractivity contribution < 1.29 is 0 Å². The molecule has 2 aromatic rings. The van der Waals surface area contributed by atoms with Gasteiger partial charge in [0.2, 0.25) is 0 Å². The Morgan fingerprint density at radius 2 is 1.86 bits per heavy atom. The monoisotopic (exact) mass is 417 g/mol. The molecule has 0 unspecified atom stereocenters. The van der Waals surface area contributed by atoms with Crippen LogP contribution < -0.4 is 10.5 Å². The molecule has 0 bridgehead atoms. The Bertz CT molecular complexity index is 877. The lowest BCUT2D eigenvalue weighted by Crippen LogP contribution is -2.47. The Kier molecular flexibility index (Phi) is 5.43. The standard InChI is InChI=1S/C20H27N5OS2/c26-19-13-15-14-27-12-5-16(15)22-25(19)11-8-23-6-9-24(10-7-23)20-21-17-3-1-2-4-18(17)28-20/h13H,1-12,14H2. The first-order valence-corrected chi connectivity index (χ1v) is 12.4. The number of aryl methyl sites for hydroxylation is 3. The normalized spacial score (nSPS) is 20.1. The molecule has 0 atom stereocenters. The van der Waals surface area contributed by atoms with Crippen molar-refractivity contribution in [3.05, 3.63) is 38.2 Å². The van der Waals surface area contributed by atoms with E-state index in [4.69, 9.17) is 4.98 Å². The van der Waals surface area contributed by atoms with Crippen LogP contribution >= 0.6 is 23.1 Å². The zero-order valence-electron chi connectivity index (χ0n) is 16.2. The van der Waals surface area contributed by atoms with E-state index < -0.39 is 0 Å². The zero-order valence-corrected chi connectivity index (χ0v) is 17.9. The summed E-state index contributed by atoms with van der Waals surface area (Å²) in [5.74, 6) is 2.04. The largest absolute Gasteiger partial charge is 0.346 e. The van der Waals surface area contributed by atoms with Crippen LogP contribution in [0.4, 0.5) is 5.13 Å². The Balaban J connectivity index is 1.17. The summed E-state index contributed by atoms with van der Waals surface area (Å²) in [6.45, 7) is 5.68. The van der Waals surface area contributed by atoms with Gasteiger partial charge in [0.1, 0.15) is 0 Å². The number of hydrogen-bond acceptors (Lipinski definition) is 7. The van der Waals surface area contributed by atoms with Gasteiger partial charge in [-0.3, -0.25) is 9.69 Å². The summed E-state index contributed by atoms with van der Waals surface area (Å²) in [5.41, 5.74) is 3.66. The molecule has 1 fully saturated rings. The van der Waals surface area contributed by atoms with E-state index in [9.17, 15) is 4.79 Å². The summed E-state index contributed by atoms with van der Waals surface area (Å²) in [4.78, 5) is 23.7. The molecule has 0 spiro atoms. The first kappa shape index (κ1) is 18.6. The van der Waals surface area contributed by atoms with Gasteiger partial charge in [0.25, 0.3) is 5.56 Å². The van der Waals surface area contributed by atoms with Gasteiger partial charge in [0, 0.05) is 55.8 Å². The molecule has 8 heteroatoms. The number of fused-ring (bicyclic) bond motifs is 2. The van der Waals surface area contributed by atoms with Gasteiger partial charge in [-0.05, 0) is 37.0 Å². The van der Waals surface area contributed by atoms with Crippen molar-refractivity contribution in [2.24, 2.45) is 0 Å². The second kappa shape index (κ2) is 8.16. The molecule has 4 heterocycles. The van der Waals surface area contributed by atoms with E-state index in [1.54, 1.807) is 10.7 Å². The number of hydrogen-bond donors (Lipinski definition) is 0. The molecule has 0 aromatic carbocycles. The summed E-state index contributed by atoms with van der Waals surface area (Å²) in [7, 11) is 0. The molecule has 0 radical (unpaired) electrons. The van der Waals surface area contributed by atoms with Gasteiger partial charge in [-0.1, -0.05) is 0 Å². The highest BCUT2D eigenvalue weighted by atomic mass is 32.2. The average molecular weight is 418 g/mol. The smallest absolute Gasteiger partial charge is 0.267 e. The molecular formula is C20H27N5OS2. The molecule has 2 aliphatic heterocycles. The lowest BCUT2D eigenvalue weighted by molar-refractivity contribution is 0.242. The minimum atomic E-state index is 0.0493. The number of nitrogens with zero attached hydrogens (tertiary/aromatic N) is 5. The molecule has 0 N–H and O–H groups in total. The molecule has 5 rings (SSSR count). The molecule has 150 valence electrons.